The third-order valence-corrected chi connectivity index (χ3v) is 4.45. The molecule has 1 aromatic rings. The normalized spacial score (nSPS) is 11.8. The summed E-state index contributed by atoms with van der Waals surface area (Å²) in [6.45, 7) is 4.58. The monoisotopic (exact) mass is 242 g/mol. The Balaban J connectivity index is 2.87. The second kappa shape index (κ2) is 5.32. The van der Waals surface area contributed by atoms with Gasteiger partial charge in [0.2, 0.25) is 0 Å². The van der Waals surface area contributed by atoms with Crippen LogP contribution in [0.2, 0.25) is 0 Å². The quantitative estimate of drug-likeness (QED) is 0.815. The maximum atomic E-state index is 11.8. The molecule has 90 valence electrons. The summed E-state index contributed by atoms with van der Waals surface area (Å²) in [6, 6.07) is 6.75. The molecule has 0 aliphatic rings. The minimum Gasteiger partial charge on any atom is -0.384 e. The lowest BCUT2D eigenvalue weighted by Crippen LogP contribution is -2.15. The van der Waals surface area contributed by atoms with Crippen LogP contribution in [-0.2, 0) is 9.84 Å². The summed E-state index contributed by atoms with van der Waals surface area (Å²) in [6.07, 6.45) is 0. The predicted molar refractivity (Wildman–Crippen MR) is 66.3 cm³/mol. The molecule has 0 atom stereocenters. The number of nitrogens with two attached hydrogens (primary N) is 1. The molecule has 3 N–H and O–H groups in total. The highest BCUT2D eigenvalue weighted by Crippen LogP contribution is 2.18. The summed E-state index contributed by atoms with van der Waals surface area (Å²) in [4.78, 5) is 0.362. The Labute approximate surface area is 96.8 Å². The van der Waals surface area contributed by atoms with Gasteiger partial charge < -0.3 is 11.1 Å². The van der Waals surface area contributed by atoms with Crippen molar-refractivity contribution in [3.8, 4) is 0 Å². The number of nitrogens with one attached hydrogen (secondary N) is 1. The zero-order chi connectivity index (χ0) is 12.2. The summed E-state index contributed by atoms with van der Waals surface area (Å²) in [5, 5.41) is 2.69. The summed E-state index contributed by atoms with van der Waals surface area (Å²) in [5.74, 6) is 0. The molecule has 0 aromatic heterocycles. The van der Waals surface area contributed by atoms with Crippen molar-refractivity contribution in [2.45, 2.75) is 24.0 Å². The van der Waals surface area contributed by atoms with E-state index in [1.807, 2.05) is 0 Å². The van der Waals surface area contributed by atoms with Gasteiger partial charge in [-0.05, 0) is 38.1 Å². The van der Waals surface area contributed by atoms with Crippen LogP contribution in [0.5, 0.6) is 0 Å². The van der Waals surface area contributed by atoms with Crippen LogP contribution < -0.4 is 11.1 Å². The van der Waals surface area contributed by atoms with E-state index >= 15 is 0 Å². The lowest BCUT2D eigenvalue weighted by Gasteiger charge is -2.09. The van der Waals surface area contributed by atoms with Gasteiger partial charge in [0.15, 0.2) is 9.84 Å². The number of hydrogen-bond donors (Lipinski definition) is 2. The Morgan fingerprint density at radius 2 is 1.81 bits per heavy atom. The average molecular weight is 242 g/mol. The number of sulfone groups is 1. The van der Waals surface area contributed by atoms with Gasteiger partial charge in [-0.1, -0.05) is 0 Å². The standard InChI is InChI=1S/C11H18N2O2S/c1-9(2)16(14,15)11-5-3-10(4-6-11)13-8-7-12/h3-6,9,13H,7-8,12H2,1-2H3. The molecule has 0 spiro atoms. The minimum atomic E-state index is -3.17. The summed E-state index contributed by atoms with van der Waals surface area (Å²) in [5.41, 5.74) is 6.24. The molecule has 0 aliphatic carbocycles. The molecule has 0 saturated heterocycles. The van der Waals surface area contributed by atoms with E-state index in [-0.39, 0.29) is 0 Å². The van der Waals surface area contributed by atoms with Crippen LogP contribution >= 0.6 is 0 Å². The molecule has 0 unspecified atom stereocenters. The smallest absolute Gasteiger partial charge is 0.180 e. The zero-order valence-electron chi connectivity index (χ0n) is 9.60. The van der Waals surface area contributed by atoms with Gasteiger partial charge in [0.05, 0.1) is 10.1 Å². The topological polar surface area (TPSA) is 72.2 Å². The van der Waals surface area contributed by atoms with Crippen LogP contribution in [0.25, 0.3) is 0 Å². The third-order valence-electron chi connectivity index (χ3n) is 2.28. The molecule has 0 aliphatic heterocycles. The van der Waals surface area contributed by atoms with Gasteiger partial charge in [-0.15, -0.1) is 0 Å². The van der Waals surface area contributed by atoms with E-state index in [0.29, 0.717) is 18.0 Å². The van der Waals surface area contributed by atoms with Gasteiger partial charge >= 0.3 is 0 Å². The van der Waals surface area contributed by atoms with Crippen molar-refractivity contribution in [3.63, 3.8) is 0 Å². The van der Waals surface area contributed by atoms with Gasteiger partial charge in [0.25, 0.3) is 0 Å². The van der Waals surface area contributed by atoms with Crippen molar-refractivity contribution in [1.29, 1.82) is 0 Å². The van der Waals surface area contributed by atoms with E-state index in [0.717, 1.165) is 5.69 Å². The van der Waals surface area contributed by atoms with E-state index in [9.17, 15) is 8.42 Å². The molecular formula is C11H18N2O2S. The molecule has 1 rings (SSSR count). The fraction of sp³-hybridized carbons (Fsp3) is 0.455. The van der Waals surface area contributed by atoms with E-state index in [4.69, 9.17) is 5.73 Å². The average Bonchev–Trinajstić information content (AvgIpc) is 2.26. The number of anilines is 1. The van der Waals surface area contributed by atoms with Crippen LogP contribution in [0.1, 0.15) is 13.8 Å². The molecule has 4 nitrogen and oxygen atoms in total. The van der Waals surface area contributed by atoms with Gasteiger partial charge in [-0.3, -0.25) is 0 Å². The third kappa shape index (κ3) is 2.96. The SMILES string of the molecule is CC(C)S(=O)(=O)c1ccc(NCCN)cc1. The first-order valence-electron chi connectivity index (χ1n) is 5.26. The highest BCUT2D eigenvalue weighted by atomic mass is 32.2. The fourth-order valence-electron chi connectivity index (χ4n) is 1.25. The predicted octanol–water partition coefficient (Wildman–Crippen LogP) is 1.24. The molecule has 1 aromatic carbocycles. The Kier molecular flexibility index (Phi) is 4.32. The van der Waals surface area contributed by atoms with Gasteiger partial charge in [0, 0.05) is 18.8 Å². The Bertz CT molecular complexity index is 424. The van der Waals surface area contributed by atoms with Crippen molar-refractivity contribution in [2.75, 3.05) is 18.4 Å². The van der Waals surface area contributed by atoms with Crippen molar-refractivity contribution < 1.29 is 8.42 Å². The van der Waals surface area contributed by atoms with Crippen LogP contribution in [0.3, 0.4) is 0 Å². The van der Waals surface area contributed by atoms with Crippen molar-refractivity contribution in [1.82, 2.24) is 0 Å². The molecule has 0 amide bonds. The van der Waals surface area contributed by atoms with E-state index in [2.05, 4.69) is 5.32 Å². The van der Waals surface area contributed by atoms with Crippen LogP contribution in [0, 0.1) is 0 Å². The molecule has 0 fully saturated rings. The van der Waals surface area contributed by atoms with Gasteiger partial charge in [-0.2, -0.15) is 0 Å². The molecule has 0 saturated carbocycles. The van der Waals surface area contributed by atoms with E-state index in [1.54, 1.807) is 38.1 Å². The van der Waals surface area contributed by atoms with Crippen molar-refractivity contribution in [2.24, 2.45) is 5.73 Å². The zero-order valence-corrected chi connectivity index (χ0v) is 10.4. The largest absolute Gasteiger partial charge is 0.384 e. The molecule has 0 bridgehead atoms. The molecule has 0 radical (unpaired) electrons. The first-order valence-corrected chi connectivity index (χ1v) is 6.81. The first-order chi connectivity index (χ1) is 7.48. The number of rotatable bonds is 5. The van der Waals surface area contributed by atoms with Gasteiger partial charge in [-0.25, -0.2) is 8.42 Å². The Hall–Kier alpha value is -1.07. The lowest BCUT2D eigenvalue weighted by atomic mass is 10.3. The van der Waals surface area contributed by atoms with E-state index in [1.165, 1.54) is 0 Å². The van der Waals surface area contributed by atoms with E-state index < -0.39 is 15.1 Å². The van der Waals surface area contributed by atoms with Crippen molar-refractivity contribution >= 4 is 15.5 Å². The van der Waals surface area contributed by atoms with Crippen LogP contribution in [0.15, 0.2) is 29.2 Å². The lowest BCUT2D eigenvalue weighted by molar-refractivity contribution is 0.587. The highest BCUT2D eigenvalue weighted by molar-refractivity contribution is 7.92. The second-order valence-electron chi connectivity index (χ2n) is 3.83. The maximum absolute atomic E-state index is 11.8. The number of benzene rings is 1. The summed E-state index contributed by atoms with van der Waals surface area (Å²) in [7, 11) is -3.17. The Morgan fingerprint density at radius 1 is 1.25 bits per heavy atom. The molecule has 5 heteroatoms. The maximum Gasteiger partial charge on any atom is 0.180 e. The number of hydrogen-bond acceptors (Lipinski definition) is 4. The van der Waals surface area contributed by atoms with Crippen molar-refractivity contribution in [3.05, 3.63) is 24.3 Å². The summed E-state index contributed by atoms with van der Waals surface area (Å²) >= 11 is 0. The molecular weight excluding hydrogens is 224 g/mol. The van der Waals surface area contributed by atoms with Gasteiger partial charge in [0.1, 0.15) is 0 Å². The highest BCUT2D eigenvalue weighted by Gasteiger charge is 2.18. The minimum absolute atomic E-state index is 0.362. The van der Waals surface area contributed by atoms with Crippen LogP contribution in [-0.4, -0.2) is 26.8 Å². The fourth-order valence-corrected chi connectivity index (χ4v) is 2.31. The molecule has 16 heavy (non-hydrogen) atoms. The first kappa shape index (κ1) is 13.0. The summed E-state index contributed by atoms with van der Waals surface area (Å²) < 4.78 is 23.6. The molecule has 0 heterocycles. The van der Waals surface area contributed by atoms with Crippen LogP contribution in [0.4, 0.5) is 5.69 Å². The Morgan fingerprint density at radius 3 is 2.25 bits per heavy atom. The second-order valence-corrected chi connectivity index (χ2v) is 6.34.